The summed E-state index contributed by atoms with van der Waals surface area (Å²) in [5.41, 5.74) is 3.07. The Morgan fingerprint density at radius 3 is 2.54 bits per heavy atom. The first-order valence-corrected chi connectivity index (χ1v) is 11.0. The van der Waals surface area contributed by atoms with E-state index in [1.54, 1.807) is 19.9 Å². The molecule has 1 atom stereocenters. The third-order valence-electron chi connectivity index (χ3n) is 5.80. The summed E-state index contributed by atoms with van der Waals surface area (Å²) in [5.74, 6) is -1.43. The Kier molecular flexibility index (Phi) is 6.74. The Morgan fingerprint density at radius 2 is 1.86 bits per heavy atom. The van der Waals surface area contributed by atoms with E-state index in [9.17, 15) is 20.0 Å². The van der Waals surface area contributed by atoms with Gasteiger partial charge in [0.15, 0.2) is 0 Å². The molecule has 2 aromatic carbocycles. The van der Waals surface area contributed by atoms with E-state index >= 15 is 0 Å². The van der Waals surface area contributed by atoms with Crippen LogP contribution in [0.1, 0.15) is 42.7 Å². The van der Waals surface area contributed by atoms with E-state index in [1.807, 2.05) is 42.3 Å². The minimum atomic E-state index is -1.14. The van der Waals surface area contributed by atoms with E-state index in [0.29, 0.717) is 41.5 Å². The quantitative estimate of drug-likeness (QED) is 0.365. The highest BCUT2D eigenvalue weighted by Crippen LogP contribution is 2.43. The van der Waals surface area contributed by atoms with Gasteiger partial charge in [-0.05, 0) is 32.0 Å². The van der Waals surface area contributed by atoms with Crippen molar-refractivity contribution in [1.82, 2.24) is 20.4 Å². The smallest absolute Gasteiger partial charge is 0.334 e. The summed E-state index contributed by atoms with van der Waals surface area (Å²) in [6.45, 7) is 4.52. The van der Waals surface area contributed by atoms with Crippen molar-refractivity contribution in [2.45, 2.75) is 32.9 Å². The molecule has 0 fully saturated rings. The van der Waals surface area contributed by atoms with E-state index in [1.165, 1.54) is 18.2 Å². The molecule has 0 bridgehead atoms. The van der Waals surface area contributed by atoms with Crippen LogP contribution in [0.5, 0.6) is 0 Å². The van der Waals surface area contributed by atoms with Crippen LogP contribution in [0.25, 0.3) is 5.57 Å². The molecule has 0 saturated carbocycles. The lowest BCUT2D eigenvalue weighted by atomic mass is 9.80. The fourth-order valence-corrected chi connectivity index (χ4v) is 4.32. The second kappa shape index (κ2) is 9.90. The molecule has 0 radical (unpaired) electrons. The van der Waals surface area contributed by atoms with Crippen molar-refractivity contribution < 1.29 is 19.2 Å². The molecule has 1 aromatic heterocycles. The van der Waals surface area contributed by atoms with Crippen molar-refractivity contribution >= 4 is 17.2 Å². The van der Waals surface area contributed by atoms with E-state index in [4.69, 9.17) is 4.42 Å². The fraction of sp³-hybridized carbons (Fsp3) is 0.240. The molecule has 2 heterocycles. The molecule has 0 amide bonds. The number of nitro benzene ring substituents is 1. The second-order valence-corrected chi connectivity index (χ2v) is 8.45. The zero-order valence-electron chi connectivity index (χ0n) is 19.6. The summed E-state index contributed by atoms with van der Waals surface area (Å²) in [5, 5.41) is 32.9. The van der Waals surface area contributed by atoms with Crippen LogP contribution in [-0.4, -0.2) is 38.1 Å². The third-order valence-corrected chi connectivity index (χ3v) is 5.80. The number of aromatic nitrogens is 2. The van der Waals surface area contributed by atoms with Gasteiger partial charge in [-0.1, -0.05) is 42.5 Å². The zero-order chi connectivity index (χ0) is 25.1. The van der Waals surface area contributed by atoms with Crippen LogP contribution in [0.3, 0.4) is 0 Å². The van der Waals surface area contributed by atoms with E-state index < -0.39 is 16.8 Å². The number of hydrogen-bond acceptors (Lipinski definition) is 8. The van der Waals surface area contributed by atoms with Crippen LogP contribution in [0, 0.1) is 10.1 Å². The molecule has 10 heteroatoms. The Labute approximate surface area is 201 Å². The van der Waals surface area contributed by atoms with Gasteiger partial charge in [0.1, 0.15) is 0 Å². The maximum Gasteiger partial charge on any atom is 0.334 e. The second-order valence-electron chi connectivity index (χ2n) is 8.45. The Hall–Kier alpha value is -4.31. The van der Waals surface area contributed by atoms with Crippen LogP contribution < -0.4 is 5.32 Å². The molecule has 1 aliphatic rings. The fourth-order valence-electron chi connectivity index (χ4n) is 4.32. The number of nitro groups is 1. The average molecular weight is 476 g/mol. The number of nitrogens with zero attached hydrogens (tertiary/aromatic N) is 4. The van der Waals surface area contributed by atoms with Gasteiger partial charge in [0, 0.05) is 35.6 Å². The molecular weight excluding hydrogens is 450 g/mol. The Morgan fingerprint density at radius 1 is 1.11 bits per heavy atom. The summed E-state index contributed by atoms with van der Waals surface area (Å²) >= 11 is 0. The Balaban J connectivity index is 1.69. The first kappa shape index (κ1) is 23.8. The highest BCUT2D eigenvalue weighted by Gasteiger charge is 2.37. The summed E-state index contributed by atoms with van der Waals surface area (Å²) < 4.78 is 5.98. The molecule has 10 nitrogen and oxygen atoms in total. The summed E-state index contributed by atoms with van der Waals surface area (Å²) in [7, 11) is 1.93. The minimum absolute atomic E-state index is 0.0621. The molecule has 35 heavy (non-hydrogen) atoms. The van der Waals surface area contributed by atoms with Gasteiger partial charge in [-0.25, -0.2) is 4.79 Å². The lowest BCUT2D eigenvalue weighted by Gasteiger charge is -2.29. The lowest BCUT2D eigenvalue weighted by Crippen LogP contribution is -2.27. The predicted molar refractivity (Wildman–Crippen MR) is 128 cm³/mol. The van der Waals surface area contributed by atoms with Gasteiger partial charge >= 0.3 is 5.97 Å². The van der Waals surface area contributed by atoms with Gasteiger partial charge in [-0.3, -0.25) is 15.0 Å². The number of dihydropyridines is 1. The van der Waals surface area contributed by atoms with Crippen molar-refractivity contribution in [1.29, 1.82) is 0 Å². The van der Waals surface area contributed by atoms with Gasteiger partial charge in [0.2, 0.25) is 11.8 Å². The number of rotatable bonds is 8. The van der Waals surface area contributed by atoms with E-state index in [-0.39, 0.29) is 17.2 Å². The summed E-state index contributed by atoms with van der Waals surface area (Å²) in [6.07, 6.45) is 0. The summed E-state index contributed by atoms with van der Waals surface area (Å²) in [4.78, 5) is 25.1. The normalized spacial score (nSPS) is 15.9. The largest absolute Gasteiger partial charge is 0.478 e. The molecule has 4 rings (SSSR count). The molecule has 0 saturated heterocycles. The van der Waals surface area contributed by atoms with E-state index in [2.05, 4.69) is 15.5 Å². The number of benzene rings is 2. The average Bonchev–Trinajstić information content (AvgIpc) is 3.26. The number of carbonyl (C=O) groups is 1. The molecule has 3 aromatic rings. The number of nitrogens with one attached hydrogen (secondary N) is 1. The monoisotopic (exact) mass is 475 g/mol. The maximum atomic E-state index is 12.2. The van der Waals surface area contributed by atoms with Gasteiger partial charge in [0.05, 0.1) is 23.0 Å². The first-order chi connectivity index (χ1) is 16.7. The molecule has 0 aliphatic carbocycles. The Bertz CT molecular complexity index is 1330. The summed E-state index contributed by atoms with van der Waals surface area (Å²) in [6, 6.07) is 15.9. The van der Waals surface area contributed by atoms with Crippen molar-refractivity contribution in [2.75, 3.05) is 7.05 Å². The van der Waals surface area contributed by atoms with Crippen LogP contribution in [0.2, 0.25) is 0 Å². The van der Waals surface area contributed by atoms with Crippen molar-refractivity contribution in [3.05, 3.63) is 105 Å². The van der Waals surface area contributed by atoms with Crippen LogP contribution in [0.4, 0.5) is 5.69 Å². The van der Waals surface area contributed by atoms with Gasteiger partial charge < -0.3 is 14.8 Å². The standard InChI is InChI=1S/C25H25N5O5/c1-15-21(24-28-27-20(35-24)14-29(3)13-17-8-5-4-6-9-17)23(22(25(31)32)16(2)26-15)18-10-7-11-19(12-18)30(33)34/h4-12,23,26H,13-14H2,1-3H3,(H,31,32). The molecular formula is C25H25N5O5. The van der Waals surface area contributed by atoms with Crippen LogP contribution >= 0.6 is 0 Å². The number of carboxylic acid groups (broad SMARTS) is 1. The molecule has 180 valence electrons. The van der Waals surface area contributed by atoms with Crippen LogP contribution in [0.15, 0.2) is 76.0 Å². The van der Waals surface area contributed by atoms with Gasteiger partial charge in [0.25, 0.3) is 5.69 Å². The zero-order valence-corrected chi connectivity index (χ0v) is 19.6. The number of non-ortho nitro benzene ring substituents is 1. The highest BCUT2D eigenvalue weighted by atomic mass is 16.6. The molecule has 0 spiro atoms. The SMILES string of the molecule is CC1=C(C(=O)O)C(c2cccc([N+](=O)[O-])c2)C(c2nnc(CN(C)Cc3ccccc3)o2)=C(C)N1. The number of hydrogen-bond donors (Lipinski definition) is 2. The number of allylic oxidation sites excluding steroid dienone is 3. The third kappa shape index (κ3) is 5.12. The number of carboxylic acids is 1. The van der Waals surface area contributed by atoms with Crippen molar-refractivity contribution in [3.63, 3.8) is 0 Å². The van der Waals surface area contributed by atoms with Gasteiger partial charge in [-0.15, -0.1) is 10.2 Å². The lowest BCUT2D eigenvalue weighted by molar-refractivity contribution is -0.384. The van der Waals surface area contributed by atoms with Gasteiger partial charge in [-0.2, -0.15) is 0 Å². The molecule has 1 unspecified atom stereocenters. The predicted octanol–water partition coefficient (Wildman–Crippen LogP) is 4.09. The highest BCUT2D eigenvalue weighted by molar-refractivity contribution is 5.95. The topological polar surface area (TPSA) is 135 Å². The minimum Gasteiger partial charge on any atom is -0.478 e. The number of aliphatic carboxylic acids is 1. The van der Waals surface area contributed by atoms with Crippen molar-refractivity contribution in [2.24, 2.45) is 0 Å². The van der Waals surface area contributed by atoms with Crippen LogP contribution in [-0.2, 0) is 17.9 Å². The van der Waals surface area contributed by atoms with Crippen molar-refractivity contribution in [3.8, 4) is 0 Å². The first-order valence-electron chi connectivity index (χ1n) is 11.0. The molecule has 1 aliphatic heterocycles. The molecule has 2 N–H and O–H groups in total. The van der Waals surface area contributed by atoms with E-state index in [0.717, 1.165) is 5.56 Å². The maximum absolute atomic E-state index is 12.2.